The van der Waals surface area contributed by atoms with Gasteiger partial charge in [-0.1, -0.05) is 17.7 Å². The summed E-state index contributed by atoms with van der Waals surface area (Å²) in [7, 11) is 0. The Morgan fingerprint density at radius 2 is 1.82 bits per heavy atom. The number of halogens is 1. The number of non-ortho nitro benzene ring substituents is 1. The van der Waals surface area contributed by atoms with Gasteiger partial charge in [0.05, 0.1) is 16.5 Å². The number of piperazine rings is 1. The van der Waals surface area contributed by atoms with Crippen LogP contribution in [0.3, 0.4) is 0 Å². The smallest absolute Gasteiger partial charge is 0.270 e. The van der Waals surface area contributed by atoms with E-state index in [1.807, 2.05) is 36.9 Å². The van der Waals surface area contributed by atoms with Gasteiger partial charge in [0.25, 0.3) is 11.6 Å². The third-order valence-corrected chi connectivity index (χ3v) is 7.48. The number of carbonyl (C=O) groups is 2. The molecule has 0 aliphatic carbocycles. The molecule has 2 heterocycles. The summed E-state index contributed by atoms with van der Waals surface area (Å²) in [5, 5.41) is 14.9. The molecule has 1 aliphatic rings. The van der Waals surface area contributed by atoms with Crippen LogP contribution in [0.25, 0.3) is 10.1 Å². The number of nitrogens with one attached hydrogen (secondary N) is 1. The first-order valence-electron chi connectivity index (χ1n) is 10.5. The van der Waals surface area contributed by atoms with Gasteiger partial charge in [-0.15, -0.1) is 11.3 Å². The van der Waals surface area contributed by atoms with Crippen LogP contribution in [0.4, 0.5) is 11.4 Å². The Hall–Kier alpha value is -3.01. The van der Waals surface area contributed by atoms with Crippen molar-refractivity contribution in [2.45, 2.75) is 13.8 Å². The first-order chi connectivity index (χ1) is 15.7. The summed E-state index contributed by atoms with van der Waals surface area (Å²) in [6, 6.07) is 10.2. The van der Waals surface area contributed by atoms with Crippen molar-refractivity contribution in [1.82, 2.24) is 9.80 Å². The molecule has 0 radical (unpaired) electrons. The molecule has 0 bridgehead atoms. The number of benzene rings is 2. The first-order valence-corrected chi connectivity index (χ1v) is 11.7. The van der Waals surface area contributed by atoms with E-state index in [1.54, 1.807) is 11.0 Å². The topological polar surface area (TPSA) is 95.8 Å². The molecule has 0 unspecified atom stereocenters. The maximum Gasteiger partial charge on any atom is 0.270 e. The van der Waals surface area contributed by atoms with Crippen LogP contribution in [-0.4, -0.2) is 59.3 Å². The van der Waals surface area contributed by atoms with Crippen molar-refractivity contribution >= 4 is 56.2 Å². The van der Waals surface area contributed by atoms with Gasteiger partial charge in [0.15, 0.2) is 0 Å². The van der Waals surface area contributed by atoms with Crippen LogP contribution in [0, 0.1) is 24.0 Å². The zero-order valence-electron chi connectivity index (χ0n) is 18.3. The van der Waals surface area contributed by atoms with Crippen LogP contribution >= 0.6 is 22.9 Å². The number of nitro benzene ring substituents is 1. The van der Waals surface area contributed by atoms with Crippen LogP contribution < -0.4 is 5.32 Å². The Bertz CT molecular complexity index is 1250. The quantitative estimate of drug-likeness (QED) is 0.424. The second kappa shape index (κ2) is 9.46. The molecule has 1 aliphatic heterocycles. The van der Waals surface area contributed by atoms with Crippen molar-refractivity contribution in [1.29, 1.82) is 0 Å². The molecule has 1 aromatic heterocycles. The fourth-order valence-corrected chi connectivity index (χ4v) is 5.29. The van der Waals surface area contributed by atoms with Crippen molar-refractivity contribution in [2.24, 2.45) is 0 Å². The van der Waals surface area contributed by atoms with E-state index in [0.29, 0.717) is 46.2 Å². The highest BCUT2D eigenvalue weighted by Gasteiger charge is 2.27. The van der Waals surface area contributed by atoms with Crippen molar-refractivity contribution in [3.05, 3.63) is 67.5 Å². The van der Waals surface area contributed by atoms with Crippen LogP contribution in [0.1, 0.15) is 20.8 Å². The van der Waals surface area contributed by atoms with Gasteiger partial charge in [-0.05, 0) is 43.2 Å². The number of nitro groups is 1. The lowest BCUT2D eigenvalue weighted by Crippen LogP contribution is -2.50. The number of nitrogens with zero attached hydrogens (tertiary/aromatic N) is 3. The fraction of sp³-hybridized carbons (Fsp3) is 0.304. The SMILES string of the molecule is Cc1ccc(NC(=O)CN2CCN(C(=O)c3sc4cc([N+](=O)[O-])ccc4c3Cl)CC2)cc1C. The molecule has 0 atom stereocenters. The molecule has 172 valence electrons. The minimum absolute atomic E-state index is 0.0351. The molecule has 8 nitrogen and oxygen atoms in total. The predicted octanol–water partition coefficient (Wildman–Crippen LogP) is 4.48. The second-order valence-electron chi connectivity index (χ2n) is 8.10. The van der Waals surface area contributed by atoms with E-state index < -0.39 is 4.92 Å². The minimum atomic E-state index is -0.468. The molecular formula is C23H23ClN4O4S. The number of amides is 2. The predicted molar refractivity (Wildman–Crippen MR) is 130 cm³/mol. The van der Waals surface area contributed by atoms with Crippen molar-refractivity contribution in [2.75, 3.05) is 38.0 Å². The molecule has 3 aromatic rings. The van der Waals surface area contributed by atoms with Crippen LogP contribution in [0.5, 0.6) is 0 Å². The number of carbonyl (C=O) groups excluding carboxylic acids is 2. The molecule has 1 fully saturated rings. The maximum absolute atomic E-state index is 13.1. The highest BCUT2D eigenvalue weighted by Crippen LogP contribution is 2.38. The summed E-state index contributed by atoms with van der Waals surface area (Å²) in [5.74, 6) is -0.282. The van der Waals surface area contributed by atoms with Gasteiger partial charge in [-0.3, -0.25) is 24.6 Å². The van der Waals surface area contributed by atoms with Gasteiger partial charge >= 0.3 is 0 Å². The van der Waals surface area contributed by atoms with Crippen LogP contribution in [0.15, 0.2) is 36.4 Å². The monoisotopic (exact) mass is 486 g/mol. The summed E-state index contributed by atoms with van der Waals surface area (Å²) in [6.07, 6.45) is 0. The molecule has 1 N–H and O–H groups in total. The van der Waals surface area contributed by atoms with E-state index >= 15 is 0 Å². The highest BCUT2D eigenvalue weighted by atomic mass is 35.5. The number of aryl methyl sites for hydroxylation is 2. The van der Waals surface area contributed by atoms with Gasteiger partial charge in [-0.25, -0.2) is 0 Å². The number of fused-ring (bicyclic) bond motifs is 1. The second-order valence-corrected chi connectivity index (χ2v) is 9.53. The number of hydrogen-bond donors (Lipinski definition) is 1. The Morgan fingerprint density at radius 1 is 1.09 bits per heavy atom. The minimum Gasteiger partial charge on any atom is -0.335 e. The average molecular weight is 487 g/mol. The summed E-state index contributed by atoms with van der Waals surface area (Å²) in [4.78, 5) is 40.2. The first kappa shape index (κ1) is 23.2. The summed E-state index contributed by atoms with van der Waals surface area (Å²) in [6.45, 7) is 6.37. The largest absolute Gasteiger partial charge is 0.335 e. The van der Waals surface area contributed by atoms with E-state index in [0.717, 1.165) is 11.3 Å². The molecule has 0 spiro atoms. The van der Waals surface area contributed by atoms with E-state index in [2.05, 4.69) is 5.32 Å². The van der Waals surface area contributed by atoms with E-state index in [4.69, 9.17) is 11.6 Å². The van der Waals surface area contributed by atoms with Crippen molar-refractivity contribution in [3.63, 3.8) is 0 Å². The zero-order valence-corrected chi connectivity index (χ0v) is 19.8. The number of hydrogen-bond acceptors (Lipinski definition) is 6. The van der Waals surface area contributed by atoms with Crippen LogP contribution in [0.2, 0.25) is 5.02 Å². The summed E-state index contributed by atoms with van der Waals surface area (Å²) in [5.41, 5.74) is 3.03. The highest BCUT2D eigenvalue weighted by molar-refractivity contribution is 7.21. The molecule has 4 rings (SSSR count). The van der Waals surface area contributed by atoms with E-state index in [9.17, 15) is 19.7 Å². The summed E-state index contributed by atoms with van der Waals surface area (Å²) >= 11 is 7.59. The number of thiophene rings is 1. The third-order valence-electron chi connectivity index (χ3n) is 5.84. The molecule has 2 aromatic carbocycles. The van der Waals surface area contributed by atoms with Crippen molar-refractivity contribution in [3.8, 4) is 0 Å². The molecular weight excluding hydrogens is 464 g/mol. The van der Waals surface area contributed by atoms with E-state index in [1.165, 1.54) is 29.0 Å². The lowest BCUT2D eigenvalue weighted by molar-refractivity contribution is -0.384. The van der Waals surface area contributed by atoms with Gasteiger partial charge < -0.3 is 10.2 Å². The van der Waals surface area contributed by atoms with Gasteiger partial charge in [0, 0.05) is 54.1 Å². The Morgan fingerprint density at radius 3 is 2.48 bits per heavy atom. The molecule has 10 heteroatoms. The summed E-state index contributed by atoms with van der Waals surface area (Å²) < 4.78 is 0.610. The van der Waals surface area contributed by atoms with Gasteiger partial charge in [0.1, 0.15) is 4.88 Å². The zero-order chi connectivity index (χ0) is 23.7. The molecule has 1 saturated heterocycles. The Kier molecular flexibility index (Phi) is 6.64. The maximum atomic E-state index is 13.1. The normalized spacial score (nSPS) is 14.5. The average Bonchev–Trinajstić information content (AvgIpc) is 3.12. The van der Waals surface area contributed by atoms with E-state index in [-0.39, 0.29) is 24.0 Å². The lowest BCUT2D eigenvalue weighted by atomic mass is 10.1. The molecule has 2 amide bonds. The van der Waals surface area contributed by atoms with Gasteiger partial charge in [-0.2, -0.15) is 0 Å². The standard InChI is InChI=1S/C23H23ClN4O4S/c1-14-3-4-16(11-15(14)2)25-20(29)13-26-7-9-27(10-8-26)23(30)22-21(24)18-6-5-17(28(31)32)12-19(18)33-22/h3-6,11-12H,7-10,13H2,1-2H3,(H,25,29). The van der Waals surface area contributed by atoms with Crippen LogP contribution in [-0.2, 0) is 4.79 Å². The van der Waals surface area contributed by atoms with Gasteiger partial charge in [0.2, 0.25) is 5.91 Å². The molecule has 33 heavy (non-hydrogen) atoms. The fourth-order valence-electron chi connectivity index (χ4n) is 3.78. The lowest BCUT2D eigenvalue weighted by Gasteiger charge is -2.34. The third kappa shape index (κ3) is 5.00. The number of rotatable bonds is 5. The van der Waals surface area contributed by atoms with Crippen molar-refractivity contribution < 1.29 is 14.5 Å². The Balaban J connectivity index is 1.36. The Labute approximate surface area is 199 Å². The number of anilines is 1. The molecule has 0 saturated carbocycles.